The minimum Gasteiger partial charge on any atom is -0.433 e. The summed E-state index contributed by atoms with van der Waals surface area (Å²) >= 11 is 0. The minimum absolute atomic E-state index is 0.0262. The lowest BCUT2D eigenvalue weighted by atomic mass is 10.0. The van der Waals surface area contributed by atoms with Gasteiger partial charge in [0, 0.05) is 24.3 Å². The summed E-state index contributed by atoms with van der Waals surface area (Å²) in [5.74, 6) is -2.56. The summed E-state index contributed by atoms with van der Waals surface area (Å²) in [5.41, 5.74) is 11.4. The first-order valence-corrected chi connectivity index (χ1v) is 13.9. The molecule has 2 heterocycles. The third kappa shape index (κ3) is 5.17. The second-order valence-corrected chi connectivity index (χ2v) is 11.7. The third-order valence-corrected chi connectivity index (χ3v) is 7.32. The Morgan fingerprint density at radius 1 is 1.10 bits per heavy atom. The highest BCUT2D eigenvalue weighted by Gasteiger charge is 2.25. The number of pyridine rings is 1. The van der Waals surface area contributed by atoms with E-state index in [4.69, 9.17) is 10.5 Å². The number of sulfone groups is 1. The zero-order valence-corrected chi connectivity index (χ0v) is 22.1. The van der Waals surface area contributed by atoms with Crippen LogP contribution in [0.2, 0.25) is 0 Å². The van der Waals surface area contributed by atoms with Crippen LogP contribution in [-0.2, 0) is 22.0 Å². The Morgan fingerprint density at radius 2 is 1.82 bits per heavy atom. The lowest BCUT2D eigenvalue weighted by Crippen LogP contribution is -2.09. The van der Waals surface area contributed by atoms with Crippen LogP contribution in [0.15, 0.2) is 54.4 Å². The van der Waals surface area contributed by atoms with Gasteiger partial charge in [-0.25, -0.2) is 26.9 Å². The summed E-state index contributed by atoms with van der Waals surface area (Å²) in [6.07, 6.45) is 6.08. The molecule has 2 aromatic carbocycles. The van der Waals surface area contributed by atoms with Crippen LogP contribution in [0.1, 0.15) is 38.2 Å². The molecule has 0 bridgehead atoms. The first-order chi connectivity index (χ1) is 18.4. The largest absolute Gasteiger partial charge is 0.433 e. The maximum Gasteiger partial charge on any atom is 0.219 e. The van der Waals surface area contributed by atoms with E-state index in [1.165, 1.54) is 35.5 Å². The van der Waals surface area contributed by atoms with Gasteiger partial charge in [0.1, 0.15) is 5.82 Å². The number of carbonyl (C=O) groups excluding carboxylic acids is 1. The number of halogens is 2. The molecular formula is C28H24F2N4O4S. The summed E-state index contributed by atoms with van der Waals surface area (Å²) in [4.78, 5) is 17.5. The van der Waals surface area contributed by atoms with Crippen molar-refractivity contribution in [1.29, 1.82) is 0 Å². The highest BCUT2D eigenvalue weighted by atomic mass is 32.2. The Morgan fingerprint density at radius 3 is 2.49 bits per heavy atom. The van der Waals surface area contributed by atoms with Crippen LogP contribution >= 0.6 is 0 Å². The molecule has 0 atom stereocenters. The minimum atomic E-state index is -3.20. The van der Waals surface area contributed by atoms with E-state index in [0.717, 1.165) is 28.8 Å². The molecule has 4 aromatic rings. The number of nitrogens with two attached hydrogens (primary N) is 1. The van der Waals surface area contributed by atoms with Crippen molar-refractivity contribution in [1.82, 2.24) is 14.8 Å². The number of anilines is 1. The molecule has 5 rings (SSSR count). The molecule has 8 nitrogen and oxygen atoms in total. The predicted octanol–water partition coefficient (Wildman–Crippen LogP) is 4.90. The topological polar surface area (TPSA) is 117 Å². The molecule has 39 heavy (non-hydrogen) atoms. The average molecular weight is 551 g/mol. The van der Waals surface area contributed by atoms with E-state index < -0.39 is 27.2 Å². The Labute approximate surface area is 223 Å². The molecule has 11 heteroatoms. The SMILES string of the molecule is Cc1cc2c(cc1CS(C)(=O)=O)CC(C(=O)c1cnn(-c3cnc(Oc4c(F)cccc4F)cc3C)c1N)=C2. The third-order valence-electron chi connectivity index (χ3n) is 6.48. The molecule has 0 saturated carbocycles. The molecule has 0 unspecified atom stereocenters. The summed E-state index contributed by atoms with van der Waals surface area (Å²) in [6, 6.07) is 8.59. The van der Waals surface area contributed by atoms with Crippen LogP contribution in [0.3, 0.4) is 0 Å². The number of aromatic nitrogens is 3. The van der Waals surface area contributed by atoms with Crippen molar-refractivity contribution in [2.45, 2.75) is 26.0 Å². The molecule has 0 radical (unpaired) electrons. The average Bonchev–Trinajstić information content (AvgIpc) is 3.44. The molecule has 1 aliphatic carbocycles. The van der Waals surface area contributed by atoms with Gasteiger partial charge in [-0.3, -0.25) is 4.79 Å². The summed E-state index contributed by atoms with van der Waals surface area (Å²) < 4.78 is 58.1. The number of benzene rings is 2. The number of hydrogen-bond donors (Lipinski definition) is 1. The number of carbonyl (C=O) groups is 1. The molecule has 0 spiro atoms. The molecule has 2 N–H and O–H groups in total. The normalized spacial score (nSPS) is 12.8. The quantitative estimate of drug-likeness (QED) is 0.325. The van der Waals surface area contributed by atoms with Crippen molar-refractivity contribution in [3.63, 3.8) is 0 Å². The molecule has 0 fully saturated rings. The lowest BCUT2D eigenvalue weighted by molar-refractivity contribution is 0.103. The Hall–Kier alpha value is -4.38. The van der Waals surface area contributed by atoms with E-state index in [9.17, 15) is 22.0 Å². The number of para-hydroxylation sites is 1. The smallest absolute Gasteiger partial charge is 0.219 e. The van der Waals surface area contributed by atoms with Gasteiger partial charge in [-0.15, -0.1) is 0 Å². The molecule has 0 saturated heterocycles. The van der Waals surface area contributed by atoms with Gasteiger partial charge in [-0.05, 0) is 59.9 Å². The van der Waals surface area contributed by atoms with E-state index in [-0.39, 0.29) is 28.8 Å². The number of nitrogen functional groups attached to an aromatic ring is 1. The van der Waals surface area contributed by atoms with E-state index in [1.54, 1.807) is 13.0 Å². The van der Waals surface area contributed by atoms with Gasteiger partial charge in [0.25, 0.3) is 0 Å². The standard InChI is InChI=1S/C28H24F2N4O4S/c1-15-7-17-9-19(10-18(17)11-20(15)14-39(3,36)37)26(35)21-12-33-34(28(21)31)24-13-32-25(8-16(24)2)38-27-22(29)5-4-6-23(27)30/h4-9,11-13H,10,14,31H2,1-3H3. The number of ketones is 1. The summed E-state index contributed by atoms with van der Waals surface area (Å²) in [6.45, 7) is 3.56. The van der Waals surface area contributed by atoms with Crippen molar-refractivity contribution in [3.8, 4) is 17.3 Å². The van der Waals surface area contributed by atoms with Crippen molar-refractivity contribution in [2.75, 3.05) is 12.0 Å². The number of hydrogen-bond acceptors (Lipinski definition) is 7. The van der Waals surface area contributed by atoms with E-state index in [0.29, 0.717) is 28.8 Å². The maximum absolute atomic E-state index is 13.9. The van der Waals surface area contributed by atoms with Gasteiger partial charge in [0.2, 0.25) is 11.6 Å². The molecule has 2 aromatic heterocycles. The van der Waals surface area contributed by atoms with Gasteiger partial charge in [-0.2, -0.15) is 5.10 Å². The fraction of sp³-hybridized carbons (Fsp3) is 0.179. The number of rotatable bonds is 7. The maximum atomic E-state index is 13.9. The van der Waals surface area contributed by atoms with Crippen molar-refractivity contribution < 1.29 is 26.7 Å². The number of nitrogens with zero attached hydrogens (tertiary/aromatic N) is 3. The van der Waals surface area contributed by atoms with Gasteiger partial charge >= 0.3 is 0 Å². The van der Waals surface area contributed by atoms with Crippen molar-refractivity contribution in [3.05, 3.63) is 99.4 Å². The molecular weight excluding hydrogens is 526 g/mol. The predicted molar refractivity (Wildman–Crippen MR) is 143 cm³/mol. The number of Topliss-reactive ketones (excluding diaryl/α,β-unsaturated/α-hetero) is 1. The van der Waals surface area contributed by atoms with Crippen molar-refractivity contribution in [2.24, 2.45) is 0 Å². The van der Waals surface area contributed by atoms with Crippen LogP contribution in [-0.4, -0.2) is 35.2 Å². The van der Waals surface area contributed by atoms with E-state index in [1.807, 2.05) is 19.1 Å². The Bertz CT molecular complexity index is 1780. The zero-order valence-electron chi connectivity index (χ0n) is 21.3. The number of aryl methyl sites for hydroxylation is 2. The van der Waals surface area contributed by atoms with Gasteiger partial charge in [0.05, 0.1) is 29.4 Å². The summed E-state index contributed by atoms with van der Waals surface area (Å²) in [7, 11) is -3.20. The Kier molecular flexibility index (Phi) is 6.55. The second-order valence-electron chi connectivity index (χ2n) is 9.54. The Balaban J connectivity index is 1.38. The van der Waals surface area contributed by atoms with E-state index in [2.05, 4.69) is 10.1 Å². The molecule has 0 amide bonds. The molecule has 200 valence electrons. The van der Waals surface area contributed by atoms with E-state index >= 15 is 0 Å². The van der Waals surface area contributed by atoms with Crippen LogP contribution < -0.4 is 10.5 Å². The molecule has 1 aliphatic rings. The first-order valence-electron chi connectivity index (χ1n) is 11.9. The highest BCUT2D eigenvalue weighted by molar-refractivity contribution is 7.89. The highest BCUT2D eigenvalue weighted by Crippen LogP contribution is 2.33. The first kappa shape index (κ1) is 26.2. The van der Waals surface area contributed by atoms with Gasteiger partial charge < -0.3 is 10.5 Å². The molecule has 0 aliphatic heterocycles. The van der Waals surface area contributed by atoms with Crippen molar-refractivity contribution >= 4 is 27.5 Å². The number of fused-ring (bicyclic) bond motifs is 1. The van der Waals surface area contributed by atoms with Gasteiger partial charge in [0.15, 0.2) is 27.3 Å². The fourth-order valence-electron chi connectivity index (χ4n) is 4.52. The number of ether oxygens (including phenoxy) is 1. The zero-order chi connectivity index (χ0) is 28.1. The second kappa shape index (κ2) is 9.73. The lowest BCUT2D eigenvalue weighted by Gasteiger charge is -2.11. The van der Waals surface area contributed by atoms with Gasteiger partial charge in [-0.1, -0.05) is 18.2 Å². The van der Waals surface area contributed by atoms with Crippen LogP contribution in [0, 0.1) is 25.5 Å². The van der Waals surface area contributed by atoms with Crippen LogP contribution in [0.4, 0.5) is 14.6 Å². The fourth-order valence-corrected chi connectivity index (χ4v) is 5.40. The van der Waals surface area contributed by atoms with Crippen LogP contribution in [0.5, 0.6) is 11.6 Å². The monoisotopic (exact) mass is 550 g/mol. The number of allylic oxidation sites excluding steroid dienone is 1. The van der Waals surface area contributed by atoms with Crippen LogP contribution in [0.25, 0.3) is 11.8 Å². The summed E-state index contributed by atoms with van der Waals surface area (Å²) in [5, 5.41) is 4.27.